The molecule has 3 heteroatoms. The second-order valence-electron chi connectivity index (χ2n) is 2.77. The Morgan fingerprint density at radius 1 is 1.55 bits per heavy atom. The lowest BCUT2D eigenvalue weighted by molar-refractivity contribution is -0.131. The van der Waals surface area contributed by atoms with Crippen molar-refractivity contribution in [2.75, 3.05) is 6.54 Å². The van der Waals surface area contributed by atoms with Crippen molar-refractivity contribution in [2.24, 2.45) is 0 Å². The van der Waals surface area contributed by atoms with Crippen LogP contribution in [0, 0.1) is 0 Å². The van der Waals surface area contributed by atoms with Crippen LogP contribution in [0.15, 0.2) is 11.1 Å². The van der Waals surface area contributed by atoms with E-state index in [-0.39, 0.29) is 5.91 Å². The molecule has 0 aromatic heterocycles. The van der Waals surface area contributed by atoms with E-state index in [0.29, 0.717) is 12.1 Å². The van der Waals surface area contributed by atoms with E-state index in [9.17, 15) is 9.90 Å². The van der Waals surface area contributed by atoms with Gasteiger partial charge < -0.3 is 10.0 Å². The van der Waals surface area contributed by atoms with Crippen molar-refractivity contribution < 1.29 is 9.90 Å². The molecule has 0 saturated carbocycles. The molecule has 0 aromatic carbocycles. The van der Waals surface area contributed by atoms with Crippen LogP contribution in [0.1, 0.15) is 20.8 Å². The molecule has 0 saturated heterocycles. The van der Waals surface area contributed by atoms with Crippen molar-refractivity contribution >= 4 is 5.91 Å². The predicted octanol–water partition coefficient (Wildman–Crippen LogP) is 0.503. The number of hydrogen-bond acceptors (Lipinski definition) is 2. The minimum absolute atomic E-state index is 0.0440. The number of aliphatic hydroxyl groups excluding tert-OH is 1. The first-order valence-corrected chi connectivity index (χ1v) is 3.76. The fourth-order valence-corrected chi connectivity index (χ4v) is 1.24. The van der Waals surface area contributed by atoms with Crippen LogP contribution in [0.3, 0.4) is 0 Å². The minimum Gasteiger partial charge on any atom is -0.369 e. The van der Waals surface area contributed by atoms with Crippen LogP contribution in [0.4, 0.5) is 0 Å². The first-order valence-electron chi connectivity index (χ1n) is 3.76. The number of likely N-dealkylation sites (N-methyl/N-ethyl adjacent to an activating group) is 1. The summed E-state index contributed by atoms with van der Waals surface area (Å²) in [4.78, 5) is 12.7. The molecule has 1 N–H and O–H groups in total. The summed E-state index contributed by atoms with van der Waals surface area (Å²) in [5.74, 6) is -0.0440. The number of rotatable bonds is 1. The van der Waals surface area contributed by atoms with E-state index in [1.807, 2.05) is 6.92 Å². The molecule has 1 heterocycles. The van der Waals surface area contributed by atoms with Gasteiger partial charge in [-0.15, -0.1) is 0 Å². The molecule has 1 rings (SSSR count). The third-order valence-corrected chi connectivity index (χ3v) is 2.20. The molecule has 62 valence electrons. The number of amides is 1. The van der Waals surface area contributed by atoms with Gasteiger partial charge in [0.05, 0.1) is 0 Å². The number of nitrogens with zero attached hydrogens (tertiary/aromatic N) is 1. The summed E-state index contributed by atoms with van der Waals surface area (Å²) in [5, 5.41) is 9.45. The van der Waals surface area contributed by atoms with Gasteiger partial charge in [-0.05, 0) is 26.3 Å². The Labute approximate surface area is 66.3 Å². The normalized spacial score (nSPS) is 25.3. The zero-order chi connectivity index (χ0) is 8.59. The van der Waals surface area contributed by atoms with Crippen LogP contribution in [0.5, 0.6) is 0 Å². The number of aliphatic hydroxyl groups is 1. The first-order chi connectivity index (χ1) is 5.09. The zero-order valence-corrected chi connectivity index (χ0v) is 7.09. The van der Waals surface area contributed by atoms with Crippen molar-refractivity contribution in [1.82, 2.24) is 4.90 Å². The molecule has 0 radical (unpaired) electrons. The number of carbonyl (C=O) groups is 1. The van der Waals surface area contributed by atoms with E-state index in [4.69, 9.17) is 0 Å². The standard InChI is InChI=1S/C8H13NO2/c1-4-9-7(10)5(2)6(3)8(9)11/h7,10H,4H2,1-3H3. The van der Waals surface area contributed by atoms with Crippen LogP contribution in [0.25, 0.3) is 0 Å². The van der Waals surface area contributed by atoms with Crippen LogP contribution < -0.4 is 0 Å². The topological polar surface area (TPSA) is 40.5 Å². The Morgan fingerprint density at radius 2 is 2.09 bits per heavy atom. The Kier molecular flexibility index (Phi) is 2.00. The van der Waals surface area contributed by atoms with E-state index in [1.165, 1.54) is 4.90 Å². The van der Waals surface area contributed by atoms with Crippen molar-refractivity contribution in [2.45, 2.75) is 27.0 Å². The van der Waals surface area contributed by atoms with Gasteiger partial charge in [0, 0.05) is 12.1 Å². The fourth-order valence-electron chi connectivity index (χ4n) is 1.24. The van der Waals surface area contributed by atoms with Crippen LogP contribution in [-0.2, 0) is 4.79 Å². The molecule has 11 heavy (non-hydrogen) atoms. The molecule has 0 fully saturated rings. The average Bonchev–Trinajstić information content (AvgIpc) is 2.17. The lowest BCUT2D eigenvalue weighted by Gasteiger charge is -2.19. The molecule has 3 nitrogen and oxygen atoms in total. The van der Waals surface area contributed by atoms with E-state index in [0.717, 1.165) is 5.57 Å². The smallest absolute Gasteiger partial charge is 0.251 e. The molecule has 1 aliphatic heterocycles. The van der Waals surface area contributed by atoms with Gasteiger partial charge in [-0.25, -0.2) is 0 Å². The highest BCUT2D eigenvalue weighted by Gasteiger charge is 2.31. The first kappa shape index (κ1) is 8.27. The molecular weight excluding hydrogens is 142 g/mol. The second-order valence-corrected chi connectivity index (χ2v) is 2.77. The minimum atomic E-state index is -0.688. The largest absolute Gasteiger partial charge is 0.369 e. The second kappa shape index (κ2) is 2.66. The van der Waals surface area contributed by atoms with Gasteiger partial charge in [-0.1, -0.05) is 0 Å². The van der Waals surface area contributed by atoms with Gasteiger partial charge >= 0.3 is 0 Å². The summed E-state index contributed by atoms with van der Waals surface area (Å²) < 4.78 is 0. The quantitative estimate of drug-likeness (QED) is 0.599. The summed E-state index contributed by atoms with van der Waals surface area (Å²) in [7, 11) is 0. The summed E-state index contributed by atoms with van der Waals surface area (Å²) in [5.41, 5.74) is 1.45. The number of carbonyl (C=O) groups excluding carboxylic acids is 1. The van der Waals surface area contributed by atoms with Gasteiger partial charge in [0.25, 0.3) is 5.91 Å². The maximum Gasteiger partial charge on any atom is 0.251 e. The van der Waals surface area contributed by atoms with Crippen molar-refractivity contribution in [1.29, 1.82) is 0 Å². The highest BCUT2D eigenvalue weighted by Crippen LogP contribution is 2.22. The van der Waals surface area contributed by atoms with E-state index >= 15 is 0 Å². The molecule has 1 atom stereocenters. The van der Waals surface area contributed by atoms with E-state index < -0.39 is 6.23 Å². The number of hydrogen-bond donors (Lipinski definition) is 1. The Balaban J connectivity index is 2.92. The van der Waals surface area contributed by atoms with Gasteiger partial charge in [-0.3, -0.25) is 4.79 Å². The SMILES string of the molecule is CCN1C(=O)C(C)=C(C)C1O. The van der Waals surface area contributed by atoms with Gasteiger partial charge in [0.15, 0.2) is 6.23 Å². The third kappa shape index (κ3) is 1.05. The van der Waals surface area contributed by atoms with Gasteiger partial charge in [-0.2, -0.15) is 0 Å². The summed E-state index contributed by atoms with van der Waals surface area (Å²) in [6, 6.07) is 0. The summed E-state index contributed by atoms with van der Waals surface area (Å²) in [6.45, 7) is 5.95. The summed E-state index contributed by atoms with van der Waals surface area (Å²) in [6.07, 6.45) is -0.688. The molecular formula is C8H13NO2. The van der Waals surface area contributed by atoms with Crippen LogP contribution >= 0.6 is 0 Å². The molecule has 1 amide bonds. The van der Waals surface area contributed by atoms with Crippen LogP contribution in [-0.4, -0.2) is 28.7 Å². The fraction of sp³-hybridized carbons (Fsp3) is 0.625. The molecule has 0 aliphatic carbocycles. The van der Waals surface area contributed by atoms with Crippen LogP contribution in [0.2, 0.25) is 0 Å². The highest BCUT2D eigenvalue weighted by molar-refractivity contribution is 5.96. The molecule has 1 aliphatic rings. The molecule has 1 unspecified atom stereocenters. The molecule has 0 aromatic rings. The van der Waals surface area contributed by atoms with Gasteiger partial charge in [0.2, 0.25) is 0 Å². The Hall–Kier alpha value is -0.830. The van der Waals surface area contributed by atoms with Crippen molar-refractivity contribution in [3.05, 3.63) is 11.1 Å². The lowest BCUT2D eigenvalue weighted by Crippen LogP contribution is -2.34. The third-order valence-electron chi connectivity index (χ3n) is 2.20. The maximum absolute atomic E-state index is 11.3. The molecule has 0 bridgehead atoms. The van der Waals surface area contributed by atoms with E-state index in [2.05, 4.69) is 0 Å². The van der Waals surface area contributed by atoms with Gasteiger partial charge in [0.1, 0.15) is 0 Å². The summed E-state index contributed by atoms with van der Waals surface area (Å²) >= 11 is 0. The lowest BCUT2D eigenvalue weighted by atomic mass is 10.2. The van der Waals surface area contributed by atoms with Crippen molar-refractivity contribution in [3.63, 3.8) is 0 Å². The Bertz CT molecular complexity index is 220. The van der Waals surface area contributed by atoms with Crippen molar-refractivity contribution in [3.8, 4) is 0 Å². The maximum atomic E-state index is 11.3. The predicted molar refractivity (Wildman–Crippen MR) is 41.8 cm³/mol. The molecule has 0 spiro atoms. The Morgan fingerprint density at radius 3 is 2.27 bits per heavy atom. The average molecular weight is 155 g/mol. The van der Waals surface area contributed by atoms with E-state index in [1.54, 1.807) is 13.8 Å². The zero-order valence-electron chi connectivity index (χ0n) is 7.09. The highest BCUT2D eigenvalue weighted by atomic mass is 16.3. The monoisotopic (exact) mass is 155 g/mol.